The van der Waals surface area contributed by atoms with Gasteiger partial charge in [0, 0.05) is 29.9 Å². The summed E-state index contributed by atoms with van der Waals surface area (Å²) in [6, 6.07) is 5.95. The zero-order valence-corrected chi connectivity index (χ0v) is 10.2. The van der Waals surface area contributed by atoms with Crippen LogP contribution in [0.3, 0.4) is 0 Å². The summed E-state index contributed by atoms with van der Waals surface area (Å²) in [5.74, 6) is -3.63. The molecule has 2 N–H and O–H groups in total. The highest BCUT2D eigenvalue weighted by Gasteiger charge is 2.13. The van der Waals surface area contributed by atoms with E-state index >= 15 is 0 Å². The second kappa shape index (κ2) is 5.92. The average Bonchev–Trinajstić information content (AvgIpc) is 2.40. The van der Waals surface area contributed by atoms with E-state index in [1.54, 1.807) is 0 Å². The van der Waals surface area contributed by atoms with E-state index in [2.05, 4.69) is 5.32 Å². The van der Waals surface area contributed by atoms with E-state index in [1.165, 1.54) is 6.07 Å². The highest BCUT2D eigenvalue weighted by Crippen LogP contribution is 2.19. The summed E-state index contributed by atoms with van der Waals surface area (Å²) >= 11 is 0. The van der Waals surface area contributed by atoms with Crippen molar-refractivity contribution < 1.29 is 22.7 Å². The molecular weight excluding hydrogens is 274 g/mol. The van der Waals surface area contributed by atoms with Crippen LogP contribution in [0.2, 0.25) is 0 Å². The maximum Gasteiger partial charge on any atom is 0.160 e. The number of aliphatic hydroxyl groups is 1. The van der Waals surface area contributed by atoms with Crippen LogP contribution in [-0.2, 0) is 0 Å². The minimum absolute atomic E-state index is 0.0820. The van der Waals surface area contributed by atoms with E-state index in [1.807, 2.05) is 0 Å². The van der Waals surface area contributed by atoms with E-state index in [4.69, 9.17) is 0 Å². The SMILES string of the molecule is OC(CNc1ccc(F)c(F)c1)c1ccc(F)cc1F. The Morgan fingerprint density at radius 3 is 2.30 bits per heavy atom. The first-order valence-electron chi connectivity index (χ1n) is 5.79. The summed E-state index contributed by atoms with van der Waals surface area (Å²) in [4.78, 5) is 0. The summed E-state index contributed by atoms with van der Waals surface area (Å²) in [6.45, 7) is -0.131. The second-order valence-corrected chi connectivity index (χ2v) is 4.19. The van der Waals surface area contributed by atoms with Crippen LogP contribution in [0, 0.1) is 23.3 Å². The van der Waals surface area contributed by atoms with Gasteiger partial charge >= 0.3 is 0 Å². The Morgan fingerprint density at radius 2 is 1.65 bits per heavy atom. The first-order valence-corrected chi connectivity index (χ1v) is 5.79. The van der Waals surface area contributed by atoms with E-state index in [9.17, 15) is 22.7 Å². The highest BCUT2D eigenvalue weighted by molar-refractivity contribution is 5.43. The normalized spacial score (nSPS) is 12.2. The van der Waals surface area contributed by atoms with Gasteiger partial charge in [-0.25, -0.2) is 17.6 Å². The Bertz CT molecular complexity index is 618. The van der Waals surface area contributed by atoms with Crippen molar-refractivity contribution in [1.29, 1.82) is 0 Å². The monoisotopic (exact) mass is 285 g/mol. The predicted molar refractivity (Wildman–Crippen MR) is 66.2 cm³/mol. The van der Waals surface area contributed by atoms with Gasteiger partial charge in [-0.1, -0.05) is 6.07 Å². The largest absolute Gasteiger partial charge is 0.386 e. The molecule has 0 spiro atoms. The molecule has 2 aromatic carbocycles. The molecule has 0 saturated heterocycles. The van der Waals surface area contributed by atoms with Crippen molar-refractivity contribution in [2.45, 2.75) is 6.10 Å². The van der Waals surface area contributed by atoms with Gasteiger partial charge in [-0.05, 0) is 18.2 Å². The lowest BCUT2D eigenvalue weighted by atomic mass is 10.1. The second-order valence-electron chi connectivity index (χ2n) is 4.19. The van der Waals surface area contributed by atoms with Crippen LogP contribution in [0.4, 0.5) is 23.2 Å². The predicted octanol–water partition coefficient (Wildman–Crippen LogP) is 3.39. The molecule has 0 heterocycles. The van der Waals surface area contributed by atoms with Gasteiger partial charge in [0.05, 0.1) is 6.10 Å². The molecule has 0 bridgehead atoms. The minimum atomic E-state index is -1.25. The van der Waals surface area contributed by atoms with Gasteiger partial charge in [-0.15, -0.1) is 0 Å². The lowest BCUT2D eigenvalue weighted by Gasteiger charge is -2.14. The molecule has 0 aliphatic carbocycles. The number of rotatable bonds is 4. The van der Waals surface area contributed by atoms with Gasteiger partial charge in [0.25, 0.3) is 0 Å². The fourth-order valence-electron chi connectivity index (χ4n) is 1.70. The van der Waals surface area contributed by atoms with Crippen molar-refractivity contribution in [3.63, 3.8) is 0 Å². The number of halogens is 4. The topological polar surface area (TPSA) is 32.3 Å². The summed E-state index contributed by atoms with van der Waals surface area (Å²) in [5, 5.41) is 12.4. The van der Waals surface area contributed by atoms with Crippen molar-refractivity contribution in [3.8, 4) is 0 Å². The lowest BCUT2D eigenvalue weighted by Crippen LogP contribution is -2.13. The van der Waals surface area contributed by atoms with Gasteiger partial charge in [-0.3, -0.25) is 0 Å². The van der Waals surface area contributed by atoms with Gasteiger partial charge in [0.2, 0.25) is 0 Å². The Balaban J connectivity index is 2.04. The molecule has 0 radical (unpaired) electrons. The molecule has 20 heavy (non-hydrogen) atoms. The molecule has 1 atom stereocenters. The van der Waals surface area contributed by atoms with Gasteiger partial charge in [-0.2, -0.15) is 0 Å². The van der Waals surface area contributed by atoms with Crippen molar-refractivity contribution >= 4 is 5.69 Å². The summed E-state index contributed by atoms with van der Waals surface area (Å²) in [5.41, 5.74) is 0.159. The summed E-state index contributed by atoms with van der Waals surface area (Å²) < 4.78 is 51.8. The van der Waals surface area contributed by atoms with Gasteiger partial charge in [0.15, 0.2) is 11.6 Å². The Hall–Kier alpha value is -2.08. The molecule has 2 aromatic rings. The van der Waals surface area contributed by atoms with Gasteiger partial charge in [0.1, 0.15) is 11.6 Å². The van der Waals surface area contributed by atoms with Gasteiger partial charge < -0.3 is 10.4 Å². The first kappa shape index (κ1) is 14.3. The molecule has 0 aromatic heterocycles. The smallest absolute Gasteiger partial charge is 0.160 e. The van der Waals surface area contributed by atoms with Crippen molar-refractivity contribution in [2.75, 3.05) is 11.9 Å². The van der Waals surface area contributed by atoms with Crippen LogP contribution in [0.15, 0.2) is 36.4 Å². The molecular formula is C14H11F4NO. The van der Waals surface area contributed by atoms with E-state index in [0.717, 1.165) is 24.3 Å². The number of benzene rings is 2. The summed E-state index contributed by atoms with van der Waals surface area (Å²) in [6.07, 6.45) is -1.25. The molecule has 0 fully saturated rings. The van der Waals surface area contributed by atoms with E-state index in [0.29, 0.717) is 6.07 Å². The maximum atomic E-state index is 13.4. The molecule has 0 amide bonds. The number of anilines is 1. The first-order chi connectivity index (χ1) is 9.47. The molecule has 1 unspecified atom stereocenters. The Labute approximate surface area is 112 Å². The zero-order chi connectivity index (χ0) is 14.7. The van der Waals surface area contributed by atoms with Crippen molar-refractivity contribution in [3.05, 3.63) is 65.2 Å². The quantitative estimate of drug-likeness (QED) is 0.844. The number of nitrogens with one attached hydrogen (secondary N) is 1. The third-order valence-corrected chi connectivity index (χ3v) is 2.74. The average molecular weight is 285 g/mol. The minimum Gasteiger partial charge on any atom is -0.386 e. The van der Waals surface area contributed by atoms with Crippen molar-refractivity contribution in [1.82, 2.24) is 0 Å². The molecule has 2 nitrogen and oxygen atoms in total. The van der Waals surface area contributed by atoms with Crippen LogP contribution in [0.25, 0.3) is 0 Å². The number of aliphatic hydroxyl groups excluding tert-OH is 1. The highest BCUT2D eigenvalue weighted by atomic mass is 19.2. The molecule has 2 rings (SSSR count). The van der Waals surface area contributed by atoms with Crippen LogP contribution < -0.4 is 5.32 Å². The molecule has 6 heteroatoms. The zero-order valence-electron chi connectivity index (χ0n) is 10.2. The van der Waals surface area contributed by atoms with Crippen LogP contribution >= 0.6 is 0 Å². The standard InChI is InChI=1S/C14H11F4NO/c15-8-1-3-10(12(17)5-8)14(20)7-19-9-2-4-11(16)13(18)6-9/h1-6,14,19-20H,7H2. The molecule has 0 saturated carbocycles. The van der Waals surface area contributed by atoms with Crippen LogP contribution in [0.5, 0.6) is 0 Å². The van der Waals surface area contributed by atoms with E-state index < -0.39 is 29.4 Å². The fourth-order valence-corrected chi connectivity index (χ4v) is 1.70. The fraction of sp³-hybridized carbons (Fsp3) is 0.143. The summed E-state index contributed by atoms with van der Waals surface area (Å²) in [7, 11) is 0. The molecule has 0 aliphatic heterocycles. The Morgan fingerprint density at radius 1 is 0.900 bits per heavy atom. The molecule has 106 valence electrons. The Kier molecular flexibility index (Phi) is 4.24. The third kappa shape index (κ3) is 3.27. The van der Waals surface area contributed by atoms with Crippen LogP contribution in [0.1, 0.15) is 11.7 Å². The maximum absolute atomic E-state index is 13.4. The molecule has 0 aliphatic rings. The lowest BCUT2D eigenvalue weighted by molar-refractivity contribution is 0.186. The van der Waals surface area contributed by atoms with Crippen molar-refractivity contribution in [2.24, 2.45) is 0 Å². The third-order valence-electron chi connectivity index (χ3n) is 2.74. The number of hydrogen-bond acceptors (Lipinski definition) is 2. The van der Waals surface area contributed by atoms with E-state index in [-0.39, 0.29) is 17.8 Å². The van der Waals surface area contributed by atoms with Crippen LogP contribution in [-0.4, -0.2) is 11.7 Å². The number of hydrogen-bond donors (Lipinski definition) is 2.